The van der Waals surface area contributed by atoms with Gasteiger partial charge in [0.2, 0.25) is 5.06 Å². The van der Waals surface area contributed by atoms with Crippen LogP contribution in [0.3, 0.4) is 0 Å². The molecule has 4 N–H and O–H groups in total. The summed E-state index contributed by atoms with van der Waals surface area (Å²) >= 11 is 1.94. The van der Waals surface area contributed by atoms with E-state index in [-0.39, 0.29) is 22.4 Å². The summed E-state index contributed by atoms with van der Waals surface area (Å²) in [4.78, 5) is 13.2. The Kier molecular flexibility index (Phi) is 5.61. The number of rotatable bonds is 5. The summed E-state index contributed by atoms with van der Waals surface area (Å²) in [5, 5.41) is 12.3. The van der Waals surface area contributed by atoms with E-state index in [0.717, 1.165) is 61.4 Å². The molecule has 0 spiro atoms. The summed E-state index contributed by atoms with van der Waals surface area (Å²) in [7, 11) is 0. The van der Waals surface area contributed by atoms with Gasteiger partial charge in [0.15, 0.2) is 5.70 Å². The van der Waals surface area contributed by atoms with Crippen LogP contribution in [0.1, 0.15) is 23.8 Å². The lowest BCUT2D eigenvalue weighted by Gasteiger charge is -2.29. The molecule has 0 aliphatic carbocycles. The van der Waals surface area contributed by atoms with E-state index < -0.39 is 23.0 Å². The number of aliphatic carboxylic acids is 1. The molecule has 1 fully saturated rings. The predicted octanol–water partition coefficient (Wildman–Crippen LogP) is 3.02. The Bertz CT molecular complexity index is 942. The van der Waals surface area contributed by atoms with Gasteiger partial charge in [-0.3, -0.25) is 0 Å². The first-order valence-electron chi connectivity index (χ1n) is 8.92. The van der Waals surface area contributed by atoms with Crippen molar-refractivity contribution < 1.29 is 23.4 Å². The average molecular weight is 440 g/mol. The van der Waals surface area contributed by atoms with Gasteiger partial charge in [-0.15, -0.1) is 0 Å². The second-order valence-corrected chi connectivity index (χ2v) is 8.45. The molecular formula is C18H18F2N4O3S2. The fourth-order valence-corrected chi connectivity index (χ4v) is 5.26. The lowest BCUT2D eigenvalue weighted by atomic mass is 10.1. The van der Waals surface area contributed by atoms with Gasteiger partial charge in [-0.1, -0.05) is 17.8 Å². The Morgan fingerprint density at radius 2 is 2.00 bits per heavy atom. The van der Waals surface area contributed by atoms with Crippen LogP contribution in [0.5, 0.6) is 5.06 Å². The van der Waals surface area contributed by atoms with E-state index in [0.29, 0.717) is 10.8 Å². The highest BCUT2D eigenvalue weighted by molar-refractivity contribution is 8.03. The number of carboxylic acid groups (broad SMARTS) is 1. The fraction of sp³-hybridized carbons (Fsp3) is 0.333. The molecule has 29 heavy (non-hydrogen) atoms. The largest absolute Gasteiger partial charge is 0.478 e. The average Bonchev–Trinajstić information content (AvgIpc) is 3.26. The number of piperidine rings is 1. The zero-order valence-corrected chi connectivity index (χ0v) is 16.7. The molecule has 3 heterocycles. The Balaban J connectivity index is 1.76. The van der Waals surface area contributed by atoms with Crippen molar-refractivity contribution in [1.29, 1.82) is 0 Å². The number of anilines is 1. The van der Waals surface area contributed by atoms with Crippen LogP contribution in [-0.2, 0) is 4.79 Å². The predicted molar refractivity (Wildman–Crippen MR) is 107 cm³/mol. The van der Waals surface area contributed by atoms with Crippen molar-refractivity contribution in [2.45, 2.75) is 24.3 Å². The van der Waals surface area contributed by atoms with Gasteiger partial charge >= 0.3 is 5.97 Å². The van der Waals surface area contributed by atoms with Crippen molar-refractivity contribution in [3.8, 4) is 5.06 Å². The van der Waals surface area contributed by atoms with Crippen LogP contribution < -0.4 is 20.7 Å². The summed E-state index contributed by atoms with van der Waals surface area (Å²) in [6.07, 6.45) is 2.97. The fourth-order valence-electron chi connectivity index (χ4n) is 3.39. The van der Waals surface area contributed by atoms with Gasteiger partial charge in [0.1, 0.15) is 28.8 Å². The van der Waals surface area contributed by atoms with Gasteiger partial charge in [-0.25, -0.2) is 13.6 Å². The molecule has 0 radical (unpaired) electrons. The van der Waals surface area contributed by atoms with E-state index in [9.17, 15) is 18.7 Å². The number of nitrogens with zero attached hydrogens (tertiary/aromatic N) is 2. The van der Waals surface area contributed by atoms with E-state index in [1.807, 2.05) is 0 Å². The number of thioether (sulfide) groups is 1. The third-order valence-corrected chi connectivity index (χ3v) is 6.53. The lowest BCUT2D eigenvalue weighted by molar-refractivity contribution is -0.132. The van der Waals surface area contributed by atoms with Crippen molar-refractivity contribution in [2.24, 2.45) is 5.73 Å². The topological polar surface area (TPSA) is 101 Å². The summed E-state index contributed by atoms with van der Waals surface area (Å²) in [6, 6.07) is 3.51. The molecule has 7 nitrogen and oxygen atoms in total. The van der Waals surface area contributed by atoms with Crippen molar-refractivity contribution in [2.75, 3.05) is 18.0 Å². The minimum atomic E-state index is -1.30. The first-order chi connectivity index (χ1) is 14.0. The summed E-state index contributed by atoms with van der Waals surface area (Å²) < 4.78 is 39.2. The molecule has 4 rings (SSSR count). The molecule has 154 valence electrons. The minimum absolute atomic E-state index is 0.0378. The van der Waals surface area contributed by atoms with Gasteiger partial charge < -0.3 is 25.8 Å². The number of carboxylic acids is 1. The van der Waals surface area contributed by atoms with Crippen molar-refractivity contribution in [3.63, 3.8) is 0 Å². The number of benzene rings is 1. The van der Waals surface area contributed by atoms with Gasteiger partial charge in [0, 0.05) is 11.5 Å². The third-order valence-electron chi connectivity index (χ3n) is 4.74. The Morgan fingerprint density at radius 3 is 2.66 bits per heavy atom. The minimum Gasteiger partial charge on any atom is -0.478 e. The molecule has 1 aromatic heterocycles. The maximum absolute atomic E-state index is 14.5. The van der Waals surface area contributed by atoms with Crippen LogP contribution in [0.4, 0.5) is 14.5 Å². The first-order valence-corrected chi connectivity index (χ1v) is 10.6. The second-order valence-electron chi connectivity index (χ2n) is 6.56. The number of aromatic nitrogens is 1. The number of hydrogen-bond acceptors (Lipinski definition) is 8. The van der Waals surface area contributed by atoms with Crippen LogP contribution in [0, 0.1) is 11.6 Å². The van der Waals surface area contributed by atoms with Crippen molar-refractivity contribution >= 4 is 35.0 Å². The second kappa shape index (κ2) is 8.17. The van der Waals surface area contributed by atoms with Gasteiger partial charge in [0.05, 0.1) is 16.8 Å². The molecule has 2 aromatic rings. The maximum atomic E-state index is 14.5. The number of nitrogens with one attached hydrogen (secondary N) is 1. The number of ether oxygens (including phenoxy) is 1. The van der Waals surface area contributed by atoms with E-state index in [2.05, 4.69) is 9.69 Å². The SMILES string of the molecule is NC1=C(C(=O)O)N(c2cnsc2OC2CCNCC2)C(c2c(F)cccc2F)S1. The zero-order valence-electron chi connectivity index (χ0n) is 15.1. The molecule has 11 heteroatoms. The van der Waals surface area contributed by atoms with Gasteiger partial charge in [-0.2, -0.15) is 4.37 Å². The van der Waals surface area contributed by atoms with Crippen LogP contribution in [0.15, 0.2) is 35.1 Å². The molecule has 0 amide bonds. The first kappa shape index (κ1) is 19.9. The van der Waals surface area contributed by atoms with Crippen LogP contribution in [-0.4, -0.2) is 34.6 Å². The molecule has 2 aliphatic heterocycles. The monoisotopic (exact) mass is 440 g/mol. The molecule has 1 saturated heterocycles. The van der Waals surface area contributed by atoms with E-state index >= 15 is 0 Å². The maximum Gasteiger partial charge on any atom is 0.355 e. The Labute approximate surface area is 173 Å². The van der Waals surface area contributed by atoms with E-state index in [1.165, 1.54) is 17.2 Å². The van der Waals surface area contributed by atoms with E-state index in [4.69, 9.17) is 10.5 Å². The number of hydrogen-bond donors (Lipinski definition) is 3. The molecule has 1 unspecified atom stereocenters. The zero-order chi connectivity index (χ0) is 20.5. The number of nitrogens with two attached hydrogens (primary N) is 1. The Morgan fingerprint density at radius 1 is 1.31 bits per heavy atom. The summed E-state index contributed by atoms with van der Waals surface area (Å²) in [6.45, 7) is 1.63. The molecule has 1 aromatic carbocycles. The van der Waals surface area contributed by atoms with Crippen LogP contribution >= 0.6 is 23.3 Å². The molecule has 0 saturated carbocycles. The van der Waals surface area contributed by atoms with Gasteiger partial charge in [-0.05, 0) is 38.1 Å². The molecule has 1 atom stereocenters. The highest BCUT2D eigenvalue weighted by Crippen LogP contribution is 2.52. The van der Waals surface area contributed by atoms with Crippen molar-refractivity contribution in [3.05, 3.63) is 52.3 Å². The van der Waals surface area contributed by atoms with Crippen LogP contribution in [0.2, 0.25) is 0 Å². The quantitative estimate of drug-likeness (QED) is 0.652. The summed E-state index contributed by atoms with van der Waals surface area (Å²) in [5.74, 6) is -2.86. The normalized spacial score (nSPS) is 20.3. The molecule has 0 bridgehead atoms. The van der Waals surface area contributed by atoms with Crippen molar-refractivity contribution in [1.82, 2.24) is 9.69 Å². The smallest absolute Gasteiger partial charge is 0.355 e. The van der Waals surface area contributed by atoms with E-state index in [1.54, 1.807) is 0 Å². The Hall–Kier alpha value is -2.37. The highest BCUT2D eigenvalue weighted by Gasteiger charge is 2.42. The lowest BCUT2D eigenvalue weighted by Crippen LogP contribution is -2.34. The third kappa shape index (κ3) is 3.77. The highest BCUT2D eigenvalue weighted by atomic mass is 32.2. The molecule has 2 aliphatic rings. The summed E-state index contributed by atoms with van der Waals surface area (Å²) in [5.41, 5.74) is 5.75. The number of halogens is 2. The van der Waals surface area contributed by atoms with Crippen LogP contribution in [0.25, 0.3) is 0 Å². The van der Waals surface area contributed by atoms with Gasteiger partial charge in [0.25, 0.3) is 0 Å². The standard InChI is InChI=1S/C18H18F2N4O3S2/c19-10-2-1-3-11(20)13(10)16-24(14(17(25)26)15(21)28-16)12-8-23-29-18(12)27-9-4-6-22-7-5-9/h1-3,8-9,16,22H,4-7,21H2,(H,25,26). The molecular weight excluding hydrogens is 422 g/mol. The number of carbonyl (C=O) groups is 1.